The van der Waals surface area contributed by atoms with Gasteiger partial charge in [0.05, 0.1) is 18.8 Å². The molecule has 290 valence electrons. The van der Waals surface area contributed by atoms with Crippen molar-refractivity contribution in [2.24, 2.45) is 5.92 Å². The molecule has 7 heteroatoms. The molecular weight excluding hydrogens is 628 g/mol. The zero-order valence-corrected chi connectivity index (χ0v) is 32.3. The van der Waals surface area contributed by atoms with E-state index in [4.69, 9.17) is 9.47 Å². The molecule has 0 aliphatic rings. The van der Waals surface area contributed by atoms with Gasteiger partial charge in [0.15, 0.2) is 6.10 Å². The maximum Gasteiger partial charge on any atom is 0.306 e. The molecule has 0 heterocycles. The van der Waals surface area contributed by atoms with E-state index in [9.17, 15) is 24.9 Å². The summed E-state index contributed by atoms with van der Waals surface area (Å²) in [6.07, 6.45) is 38.2. The standard InChI is InChI=1S/C43H76O7/c1-4-5-23-30-39(45)31-25-20-16-14-17-21-26-32-40(46)33-28-35-42(47)49-37-41(36-44)50-43(48)34-27-22-18-13-11-9-7-6-8-10-12-15-19-24-29-38(2)3/h16-17,20-21,25-26,31-32,38-41,44-46H,4-15,18-19,22-24,27-30,33-37H2,1-3H3/b20-16-,21-17-,31-25+,32-26+/t39-,40-,41-/m0/s1. The molecule has 0 aromatic carbocycles. The molecule has 0 spiro atoms. The Balaban J connectivity index is 3.78. The predicted molar refractivity (Wildman–Crippen MR) is 208 cm³/mol. The molecule has 50 heavy (non-hydrogen) atoms. The topological polar surface area (TPSA) is 113 Å². The van der Waals surface area contributed by atoms with Crippen LogP contribution in [0.4, 0.5) is 0 Å². The number of allylic oxidation sites excluding steroid dienone is 6. The Bertz CT molecular complexity index is 892. The number of esters is 2. The van der Waals surface area contributed by atoms with E-state index in [-0.39, 0.29) is 25.1 Å². The molecule has 0 rings (SSSR count). The molecule has 0 aliphatic carbocycles. The second-order valence-electron chi connectivity index (χ2n) is 14.2. The fraction of sp³-hybridized carbons (Fsp3) is 0.767. The zero-order valence-electron chi connectivity index (χ0n) is 32.3. The van der Waals surface area contributed by atoms with Gasteiger partial charge >= 0.3 is 11.9 Å². The van der Waals surface area contributed by atoms with Crippen LogP contribution >= 0.6 is 0 Å². The van der Waals surface area contributed by atoms with Gasteiger partial charge in [0.2, 0.25) is 0 Å². The van der Waals surface area contributed by atoms with Gasteiger partial charge in [-0.3, -0.25) is 9.59 Å². The Morgan fingerprint density at radius 1 is 0.580 bits per heavy atom. The maximum atomic E-state index is 12.2. The molecule has 0 saturated heterocycles. The van der Waals surface area contributed by atoms with Crippen molar-refractivity contribution in [1.82, 2.24) is 0 Å². The second-order valence-corrected chi connectivity index (χ2v) is 14.2. The molecule has 0 bridgehead atoms. The van der Waals surface area contributed by atoms with Gasteiger partial charge in [-0.05, 0) is 38.0 Å². The van der Waals surface area contributed by atoms with Crippen molar-refractivity contribution in [2.75, 3.05) is 13.2 Å². The van der Waals surface area contributed by atoms with Crippen molar-refractivity contribution >= 4 is 11.9 Å². The van der Waals surface area contributed by atoms with Crippen LogP contribution in [0.2, 0.25) is 0 Å². The van der Waals surface area contributed by atoms with Gasteiger partial charge in [-0.1, -0.05) is 179 Å². The molecule has 3 N–H and O–H groups in total. The highest BCUT2D eigenvalue weighted by Gasteiger charge is 2.16. The van der Waals surface area contributed by atoms with Crippen LogP contribution in [0.25, 0.3) is 0 Å². The van der Waals surface area contributed by atoms with Crippen molar-refractivity contribution in [3.8, 4) is 0 Å². The smallest absolute Gasteiger partial charge is 0.306 e. The quantitative estimate of drug-likeness (QED) is 0.0342. The molecule has 0 aromatic heterocycles. The van der Waals surface area contributed by atoms with Gasteiger partial charge in [-0.15, -0.1) is 0 Å². The van der Waals surface area contributed by atoms with E-state index in [0.717, 1.165) is 57.3 Å². The molecule has 0 amide bonds. The largest absolute Gasteiger partial charge is 0.462 e. The van der Waals surface area contributed by atoms with Gasteiger partial charge in [0.25, 0.3) is 0 Å². The lowest BCUT2D eigenvalue weighted by atomic mass is 10.0. The van der Waals surface area contributed by atoms with Gasteiger partial charge in [-0.25, -0.2) is 0 Å². The van der Waals surface area contributed by atoms with Crippen molar-refractivity contribution in [1.29, 1.82) is 0 Å². The number of carbonyl (C=O) groups is 2. The third-order valence-corrected chi connectivity index (χ3v) is 8.76. The Hall–Kier alpha value is -2.22. The molecule has 0 aliphatic heterocycles. The van der Waals surface area contributed by atoms with E-state index < -0.39 is 24.8 Å². The highest BCUT2D eigenvalue weighted by Crippen LogP contribution is 2.15. The summed E-state index contributed by atoms with van der Waals surface area (Å²) in [6.45, 7) is 6.19. The van der Waals surface area contributed by atoms with E-state index in [0.29, 0.717) is 19.3 Å². The van der Waals surface area contributed by atoms with Crippen molar-refractivity contribution in [3.63, 3.8) is 0 Å². The van der Waals surface area contributed by atoms with E-state index in [1.807, 2.05) is 36.5 Å². The number of rotatable bonds is 35. The summed E-state index contributed by atoms with van der Waals surface area (Å²) in [4.78, 5) is 24.3. The van der Waals surface area contributed by atoms with Gasteiger partial charge < -0.3 is 24.8 Å². The lowest BCUT2D eigenvalue weighted by Crippen LogP contribution is -2.28. The van der Waals surface area contributed by atoms with Crippen LogP contribution in [0, 0.1) is 5.92 Å². The first-order chi connectivity index (χ1) is 24.3. The minimum absolute atomic E-state index is 0.136. The molecule has 0 fully saturated rings. The Kier molecular flexibility index (Phi) is 34.9. The Morgan fingerprint density at radius 2 is 1.04 bits per heavy atom. The van der Waals surface area contributed by atoms with E-state index in [2.05, 4.69) is 20.8 Å². The highest BCUT2D eigenvalue weighted by molar-refractivity contribution is 5.70. The monoisotopic (exact) mass is 705 g/mol. The first-order valence-corrected chi connectivity index (χ1v) is 20.3. The SMILES string of the molecule is CCCCC[C@H](O)/C=C/C=C\C/C=C\C=C\[C@H](O)CCCC(=O)OC[C@H](CO)OC(=O)CCCCCCCCCCCCCCCCC(C)C. The third-order valence-electron chi connectivity index (χ3n) is 8.76. The summed E-state index contributed by atoms with van der Waals surface area (Å²) in [5, 5.41) is 29.5. The lowest BCUT2D eigenvalue weighted by molar-refractivity contribution is -0.161. The summed E-state index contributed by atoms with van der Waals surface area (Å²) in [6, 6.07) is 0. The second kappa shape index (κ2) is 36.6. The molecule has 0 radical (unpaired) electrons. The van der Waals surface area contributed by atoms with Crippen molar-refractivity contribution in [3.05, 3.63) is 48.6 Å². The van der Waals surface area contributed by atoms with Crippen molar-refractivity contribution < 1.29 is 34.4 Å². The fourth-order valence-corrected chi connectivity index (χ4v) is 5.60. The number of aliphatic hydroxyl groups excluding tert-OH is 3. The number of unbranched alkanes of at least 4 members (excludes halogenated alkanes) is 15. The van der Waals surface area contributed by atoms with Crippen LogP contribution in [-0.2, 0) is 19.1 Å². The van der Waals surface area contributed by atoms with Gasteiger partial charge in [0, 0.05) is 12.8 Å². The van der Waals surface area contributed by atoms with Crippen LogP contribution in [0.3, 0.4) is 0 Å². The summed E-state index contributed by atoms with van der Waals surface area (Å²) in [5.74, 6) is 0.0203. The number of carbonyl (C=O) groups excluding carboxylic acids is 2. The molecule has 3 atom stereocenters. The van der Waals surface area contributed by atoms with Gasteiger partial charge in [-0.2, -0.15) is 0 Å². The minimum Gasteiger partial charge on any atom is -0.462 e. The number of aliphatic hydroxyl groups is 3. The van der Waals surface area contributed by atoms with Crippen LogP contribution < -0.4 is 0 Å². The van der Waals surface area contributed by atoms with Crippen LogP contribution in [0.5, 0.6) is 0 Å². The molecular formula is C43H76O7. The summed E-state index contributed by atoms with van der Waals surface area (Å²) in [7, 11) is 0. The first-order valence-electron chi connectivity index (χ1n) is 20.3. The Morgan fingerprint density at radius 3 is 1.54 bits per heavy atom. The molecule has 0 aromatic rings. The maximum absolute atomic E-state index is 12.2. The van der Waals surface area contributed by atoms with Crippen LogP contribution in [-0.4, -0.2) is 58.8 Å². The highest BCUT2D eigenvalue weighted by atomic mass is 16.6. The molecule has 0 unspecified atom stereocenters. The fourth-order valence-electron chi connectivity index (χ4n) is 5.60. The van der Waals surface area contributed by atoms with Crippen LogP contribution in [0.1, 0.15) is 175 Å². The first kappa shape index (κ1) is 47.8. The summed E-state index contributed by atoms with van der Waals surface area (Å²) >= 11 is 0. The molecule has 7 nitrogen and oxygen atoms in total. The summed E-state index contributed by atoms with van der Waals surface area (Å²) < 4.78 is 10.5. The third kappa shape index (κ3) is 35.6. The Labute approximate surface area is 306 Å². The van der Waals surface area contributed by atoms with E-state index in [1.54, 1.807) is 12.2 Å². The minimum atomic E-state index is -0.857. The lowest BCUT2D eigenvalue weighted by Gasteiger charge is -2.16. The number of ether oxygens (including phenoxy) is 2. The van der Waals surface area contributed by atoms with Crippen LogP contribution in [0.15, 0.2) is 48.6 Å². The average molecular weight is 705 g/mol. The normalized spacial score (nSPS) is 14.1. The predicted octanol–water partition coefficient (Wildman–Crippen LogP) is 10.4. The summed E-state index contributed by atoms with van der Waals surface area (Å²) in [5.41, 5.74) is 0. The van der Waals surface area contributed by atoms with E-state index >= 15 is 0 Å². The zero-order chi connectivity index (χ0) is 36.9. The van der Waals surface area contributed by atoms with E-state index in [1.165, 1.54) is 77.0 Å². The number of hydrogen-bond acceptors (Lipinski definition) is 7. The molecule has 0 saturated carbocycles. The average Bonchev–Trinajstić information content (AvgIpc) is 3.09. The van der Waals surface area contributed by atoms with Gasteiger partial charge in [0.1, 0.15) is 6.61 Å². The number of hydrogen-bond donors (Lipinski definition) is 3. The van der Waals surface area contributed by atoms with Crippen molar-refractivity contribution in [2.45, 2.75) is 193 Å².